The van der Waals surface area contributed by atoms with E-state index in [1.54, 1.807) is 0 Å². The number of halogens is 1. The van der Waals surface area contributed by atoms with Crippen molar-refractivity contribution in [1.29, 1.82) is 0 Å². The van der Waals surface area contributed by atoms with Crippen LogP contribution < -0.4 is 4.90 Å². The summed E-state index contributed by atoms with van der Waals surface area (Å²) >= 11 is 3.49. The van der Waals surface area contributed by atoms with Gasteiger partial charge in [-0.05, 0) is 43.4 Å². The first kappa shape index (κ1) is 12.0. The Morgan fingerprint density at radius 3 is 2.62 bits per heavy atom. The van der Waals surface area contributed by atoms with E-state index in [9.17, 15) is 0 Å². The van der Waals surface area contributed by atoms with Crippen LogP contribution in [0.15, 0.2) is 24.3 Å². The summed E-state index contributed by atoms with van der Waals surface area (Å²) in [6, 6.07) is 9.75. The van der Waals surface area contributed by atoms with Gasteiger partial charge in [-0.3, -0.25) is 0 Å². The Bertz CT molecular complexity index is 320. The maximum Gasteiger partial charge on any atom is 0.0368 e. The molecule has 1 heterocycles. The molecule has 1 fully saturated rings. The Kier molecular flexibility index (Phi) is 4.28. The highest BCUT2D eigenvalue weighted by Gasteiger charge is 2.20. The van der Waals surface area contributed by atoms with Crippen molar-refractivity contribution in [3.8, 4) is 0 Å². The second-order valence-corrected chi connectivity index (χ2v) is 5.11. The van der Waals surface area contributed by atoms with Crippen molar-refractivity contribution < 1.29 is 0 Å². The van der Waals surface area contributed by atoms with Gasteiger partial charge in [0.25, 0.3) is 0 Å². The largest absolute Gasteiger partial charge is 0.369 e. The highest BCUT2D eigenvalue weighted by atomic mass is 79.9. The molecule has 0 N–H and O–H groups in total. The Balaban J connectivity index is 2.14. The molecule has 2 rings (SSSR count). The molecule has 1 atom stereocenters. The van der Waals surface area contributed by atoms with Crippen LogP contribution in [-0.4, -0.2) is 12.6 Å². The summed E-state index contributed by atoms with van der Waals surface area (Å²) in [5, 5.41) is 0.949. The lowest BCUT2D eigenvalue weighted by molar-refractivity contribution is 0.450. The lowest BCUT2D eigenvalue weighted by Gasteiger charge is -2.37. The van der Waals surface area contributed by atoms with Crippen LogP contribution in [-0.2, 0) is 5.33 Å². The van der Waals surface area contributed by atoms with E-state index in [0.29, 0.717) is 0 Å². The van der Waals surface area contributed by atoms with E-state index in [1.807, 2.05) is 0 Å². The van der Waals surface area contributed by atoms with Gasteiger partial charge in [0.2, 0.25) is 0 Å². The van der Waals surface area contributed by atoms with Gasteiger partial charge in [-0.1, -0.05) is 35.0 Å². The maximum atomic E-state index is 3.49. The summed E-state index contributed by atoms with van der Waals surface area (Å²) in [7, 11) is 0. The van der Waals surface area contributed by atoms with Crippen molar-refractivity contribution in [1.82, 2.24) is 0 Å². The van der Waals surface area contributed by atoms with Gasteiger partial charge in [-0.2, -0.15) is 0 Å². The van der Waals surface area contributed by atoms with Crippen LogP contribution in [0.3, 0.4) is 0 Å². The summed E-state index contributed by atoms with van der Waals surface area (Å²) in [6.07, 6.45) is 5.36. The van der Waals surface area contributed by atoms with Gasteiger partial charge in [0.05, 0.1) is 0 Å². The molecule has 88 valence electrons. The van der Waals surface area contributed by atoms with Gasteiger partial charge < -0.3 is 4.90 Å². The number of hydrogen-bond acceptors (Lipinski definition) is 1. The lowest BCUT2D eigenvalue weighted by Crippen LogP contribution is -2.39. The van der Waals surface area contributed by atoms with Crippen molar-refractivity contribution >= 4 is 21.6 Å². The van der Waals surface area contributed by atoms with Crippen LogP contribution in [0.25, 0.3) is 0 Å². The van der Waals surface area contributed by atoms with E-state index >= 15 is 0 Å². The van der Waals surface area contributed by atoms with Crippen LogP contribution >= 0.6 is 15.9 Å². The second-order valence-electron chi connectivity index (χ2n) is 4.55. The first-order valence-corrected chi connectivity index (χ1v) is 7.39. The SMILES string of the molecule is CCC1CCCCN1c1ccc(CBr)cc1. The predicted octanol–water partition coefficient (Wildman–Crippen LogP) is 4.35. The Morgan fingerprint density at radius 1 is 1.25 bits per heavy atom. The van der Waals surface area contributed by atoms with Gasteiger partial charge in [0, 0.05) is 23.6 Å². The van der Waals surface area contributed by atoms with E-state index in [-0.39, 0.29) is 0 Å². The van der Waals surface area contributed by atoms with E-state index in [1.165, 1.54) is 43.5 Å². The molecule has 0 saturated carbocycles. The number of rotatable bonds is 3. The van der Waals surface area contributed by atoms with Gasteiger partial charge in [-0.25, -0.2) is 0 Å². The molecule has 1 aliphatic heterocycles. The van der Waals surface area contributed by atoms with Gasteiger partial charge in [-0.15, -0.1) is 0 Å². The van der Waals surface area contributed by atoms with Crippen LogP contribution in [0.4, 0.5) is 5.69 Å². The summed E-state index contributed by atoms with van der Waals surface area (Å²) in [5.74, 6) is 0. The highest BCUT2D eigenvalue weighted by Crippen LogP contribution is 2.26. The maximum absolute atomic E-state index is 3.49. The predicted molar refractivity (Wildman–Crippen MR) is 74.3 cm³/mol. The fourth-order valence-corrected chi connectivity index (χ4v) is 2.92. The number of hydrogen-bond donors (Lipinski definition) is 0. The number of anilines is 1. The Hall–Kier alpha value is -0.500. The minimum absolute atomic E-state index is 0.753. The molecule has 0 amide bonds. The standard InChI is InChI=1S/C14H20BrN/c1-2-13-5-3-4-10-16(13)14-8-6-12(11-15)7-9-14/h6-9,13H,2-5,10-11H2,1H3. The van der Waals surface area contributed by atoms with E-state index in [0.717, 1.165) is 11.4 Å². The molecule has 0 bridgehead atoms. The number of nitrogens with zero attached hydrogens (tertiary/aromatic N) is 1. The van der Waals surface area contributed by atoms with Crippen LogP contribution in [0, 0.1) is 0 Å². The van der Waals surface area contributed by atoms with Crippen LogP contribution in [0.2, 0.25) is 0 Å². The zero-order valence-electron chi connectivity index (χ0n) is 9.95. The average Bonchev–Trinajstić information content (AvgIpc) is 2.39. The molecular weight excluding hydrogens is 262 g/mol. The molecule has 1 aromatic rings. The lowest BCUT2D eigenvalue weighted by atomic mass is 9.99. The molecule has 1 aromatic carbocycles. The zero-order chi connectivity index (χ0) is 11.4. The first-order valence-electron chi connectivity index (χ1n) is 6.26. The summed E-state index contributed by atoms with van der Waals surface area (Å²) < 4.78 is 0. The first-order chi connectivity index (χ1) is 7.85. The molecule has 1 unspecified atom stereocenters. The second kappa shape index (κ2) is 5.72. The highest BCUT2D eigenvalue weighted by molar-refractivity contribution is 9.08. The average molecular weight is 282 g/mol. The fourth-order valence-electron chi connectivity index (χ4n) is 2.54. The van der Waals surface area contributed by atoms with E-state index < -0.39 is 0 Å². The summed E-state index contributed by atoms with van der Waals surface area (Å²) in [6.45, 7) is 3.53. The molecule has 1 aliphatic rings. The molecule has 2 heteroatoms. The molecule has 0 aromatic heterocycles. The molecule has 0 radical (unpaired) electrons. The minimum Gasteiger partial charge on any atom is -0.369 e. The van der Waals surface area contributed by atoms with E-state index in [2.05, 4.69) is 52.0 Å². The molecular formula is C14H20BrN. The quantitative estimate of drug-likeness (QED) is 0.745. The monoisotopic (exact) mass is 281 g/mol. The summed E-state index contributed by atoms with van der Waals surface area (Å²) in [5.41, 5.74) is 2.75. The molecule has 16 heavy (non-hydrogen) atoms. The van der Waals surface area contributed by atoms with Gasteiger partial charge in [0.15, 0.2) is 0 Å². The smallest absolute Gasteiger partial charge is 0.0368 e. The normalized spacial score (nSPS) is 21.1. The topological polar surface area (TPSA) is 3.24 Å². The fraction of sp³-hybridized carbons (Fsp3) is 0.571. The number of piperidine rings is 1. The third-order valence-corrected chi connectivity index (χ3v) is 4.17. The third kappa shape index (κ3) is 2.60. The van der Waals surface area contributed by atoms with Gasteiger partial charge >= 0.3 is 0 Å². The molecule has 1 saturated heterocycles. The number of alkyl halides is 1. The minimum atomic E-state index is 0.753. The van der Waals surface area contributed by atoms with E-state index in [4.69, 9.17) is 0 Å². The van der Waals surface area contributed by atoms with Crippen molar-refractivity contribution in [2.75, 3.05) is 11.4 Å². The Morgan fingerprint density at radius 2 is 2.00 bits per heavy atom. The third-order valence-electron chi connectivity index (χ3n) is 3.52. The molecule has 0 aliphatic carbocycles. The molecule has 0 spiro atoms. The van der Waals surface area contributed by atoms with Crippen LogP contribution in [0.5, 0.6) is 0 Å². The molecule has 1 nitrogen and oxygen atoms in total. The van der Waals surface area contributed by atoms with Gasteiger partial charge in [0.1, 0.15) is 0 Å². The van der Waals surface area contributed by atoms with Crippen molar-refractivity contribution in [3.05, 3.63) is 29.8 Å². The Labute approximate surface area is 107 Å². The van der Waals surface area contributed by atoms with Crippen molar-refractivity contribution in [3.63, 3.8) is 0 Å². The number of benzene rings is 1. The van der Waals surface area contributed by atoms with Crippen molar-refractivity contribution in [2.24, 2.45) is 0 Å². The summed E-state index contributed by atoms with van der Waals surface area (Å²) in [4.78, 5) is 2.58. The zero-order valence-corrected chi connectivity index (χ0v) is 11.5. The van der Waals surface area contributed by atoms with Crippen molar-refractivity contribution in [2.45, 2.75) is 44.0 Å². The van der Waals surface area contributed by atoms with Crippen LogP contribution in [0.1, 0.15) is 38.2 Å².